The average molecular weight is 191 g/mol. The highest BCUT2D eigenvalue weighted by Gasteiger charge is 2.14. The first-order chi connectivity index (χ1) is 5.33. The number of halogens is 1. The Morgan fingerprint density at radius 3 is 2.33 bits per heavy atom. The third-order valence-electron chi connectivity index (χ3n) is 2.90. The number of rotatable bonds is 3. The molecule has 1 N–H and O–H groups in total. The van der Waals surface area contributed by atoms with Crippen LogP contribution in [0.1, 0.15) is 45.4 Å². The lowest BCUT2D eigenvalue weighted by Gasteiger charge is -2.24. The third kappa shape index (κ3) is 4.32. The summed E-state index contributed by atoms with van der Waals surface area (Å²) in [5, 5.41) is 3.31. The first-order valence-corrected chi connectivity index (χ1v) is 5.00. The summed E-state index contributed by atoms with van der Waals surface area (Å²) >= 11 is 0. The van der Waals surface area contributed by atoms with E-state index in [0.717, 1.165) is 12.0 Å². The Kier molecular flexibility index (Phi) is 6.87. The standard InChI is InChI=1S/C10H21N.ClH/c1-9(11-2)8-10-6-4-3-5-7-10;/h9-11H,3-8H2,1-2H3;1H/p-1. The molecule has 1 fully saturated rings. The lowest BCUT2D eigenvalue weighted by Crippen LogP contribution is -3.00. The van der Waals surface area contributed by atoms with Gasteiger partial charge in [0.2, 0.25) is 0 Å². The predicted octanol–water partition coefficient (Wildman–Crippen LogP) is -0.431. The fourth-order valence-corrected chi connectivity index (χ4v) is 2.04. The highest BCUT2D eigenvalue weighted by atomic mass is 35.5. The lowest BCUT2D eigenvalue weighted by atomic mass is 9.85. The van der Waals surface area contributed by atoms with E-state index in [2.05, 4.69) is 19.3 Å². The van der Waals surface area contributed by atoms with E-state index in [-0.39, 0.29) is 12.4 Å². The van der Waals surface area contributed by atoms with Crippen LogP contribution in [0.15, 0.2) is 0 Å². The van der Waals surface area contributed by atoms with Crippen LogP contribution in [0.2, 0.25) is 0 Å². The maximum absolute atomic E-state index is 3.31. The Balaban J connectivity index is 0.00000121. The molecule has 1 nitrogen and oxygen atoms in total. The fraction of sp³-hybridized carbons (Fsp3) is 1.00. The van der Waals surface area contributed by atoms with Crippen molar-refractivity contribution in [2.45, 2.75) is 51.5 Å². The van der Waals surface area contributed by atoms with Gasteiger partial charge in [0.1, 0.15) is 0 Å². The molecule has 0 saturated heterocycles. The van der Waals surface area contributed by atoms with Gasteiger partial charge in [0, 0.05) is 6.04 Å². The second kappa shape index (κ2) is 6.73. The van der Waals surface area contributed by atoms with Crippen molar-refractivity contribution >= 4 is 0 Å². The van der Waals surface area contributed by atoms with Gasteiger partial charge < -0.3 is 17.7 Å². The van der Waals surface area contributed by atoms with Crippen molar-refractivity contribution in [3.05, 3.63) is 0 Å². The number of nitrogens with one attached hydrogen (secondary N) is 1. The highest BCUT2D eigenvalue weighted by molar-refractivity contribution is 4.70. The molecule has 0 aliphatic heterocycles. The van der Waals surface area contributed by atoms with Crippen molar-refractivity contribution in [2.75, 3.05) is 7.05 Å². The van der Waals surface area contributed by atoms with Crippen LogP contribution in [-0.2, 0) is 0 Å². The zero-order valence-electron chi connectivity index (χ0n) is 8.28. The van der Waals surface area contributed by atoms with E-state index < -0.39 is 0 Å². The van der Waals surface area contributed by atoms with Gasteiger partial charge in [-0.3, -0.25) is 0 Å². The molecular formula is C10H21ClN-. The second-order valence-electron chi connectivity index (χ2n) is 3.93. The third-order valence-corrected chi connectivity index (χ3v) is 2.90. The second-order valence-corrected chi connectivity index (χ2v) is 3.93. The molecule has 74 valence electrons. The van der Waals surface area contributed by atoms with Gasteiger partial charge in [0.05, 0.1) is 0 Å². The number of hydrogen-bond donors (Lipinski definition) is 1. The molecule has 0 aromatic heterocycles. The molecule has 0 spiro atoms. The monoisotopic (exact) mass is 190 g/mol. The molecule has 0 amide bonds. The Bertz CT molecular complexity index is 100. The van der Waals surface area contributed by atoms with Gasteiger partial charge >= 0.3 is 0 Å². The van der Waals surface area contributed by atoms with Gasteiger partial charge in [-0.2, -0.15) is 0 Å². The van der Waals surface area contributed by atoms with E-state index in [1.54, 1.807) is 0 Å². The summed E-state index contributed by atoms with van der Waals surface area (Å²) in [5.74, 6) is 1.02. The van der Waals surface area contributed by atoms with Gasteiger partial charge in [-0.1, -0.05) is 32.1 Å². The summed E-state index contributed by atoms with van der Waals surface area (Å²) in [5.41, 5.74) is 0. The minimum Gasteiger partial charge on any atom is -1.00 e. The summed E-state index contributed by atoms with van der Waals surface area (Å²) in [4.78, 5) is 0. The van der Waals surface area contributed by atoms with E-state index in [0.29, 0.717) is 0 Å². The minimum absolute atomic E-state index is 0. The van der Waals surface area contributed by atoms with Crippen LogP contribution in [0, 0.1) is 5.92 Å². The van der Waals surface area contributed by atoms with E-state index in [9.17, 15) is 0 Å². The highest BCUT2D eigenvalue weighted by Crippen LogP contribution is 2.26. The zero-order chi connectivity index (χ0) is 8.10. The molecule has 1 aliphatic rings. The molecular weight excluding hydrogens is 170 g/mol. The Labute approximate surface area is 82.7 Å². The molecule has 2 heteroatoms. The molecule has 0 heterocycles. The van der Waals surface area contributed by atoms with Gasteiger partial charge in [-0.15, -0.1) is 0 Å². The molecule has 1 aliphatic carbocycles. The van der Waals surface area contributed by atoms with Gasteiger partial charge in [0.25, 0.3) is 0 Å². The van der Waals surface area contributed by atoms with Crippen molar-refractivity contribution in [1.29, 1.82) is 0 Å². The van der Waals surface area contributed by atoms with Gasteiger partial charge in [-0.25, -0.2) is 0 Å². The summed E-state index contributed by atoms with van der Waals surface area (Å²) in [6.45, 7) is 2.29. The van der Waals surface area contributed by atoms with E-state index in [4.69, 9.17) is 0 Å². The van der Waals surface area contributed by atoms with E-state index >= 15 is 0 Å². The van der Waals surface area contributed by atoms with Crippen LogP contribution in [0.3, 0.4) is 0 Å². The molecule has 0 bridgehead atoms. The van der Waals surface area contributed by atoms with Crippen LogP contribution in [0.4, 0.5) is 0 Å². The lowest BCUT2D eigenvalue weighted by molar-refractivity contribution is -0.00000267. The summed E-state index contributed by atoms with van der Waals surface area (Å²) in [7, 11) is 2.06. The Morgan fingerprint density at radius 2 is 1.83 bits per heavy atom. The normalized spacial score (nSPS) is 21.5. The van der Waals surface area contributed by atoms with E-state index in [1.807, 2.05) is 0 Å². The molecule has 0 radical (unpaired) electrons. The molecule has 12 heavy (non-hydrogen) atoms. The van der Waals surface area contributed by atoms with E-state index in [1.165, 1.54) is 38.5 Å². The van der Waals surface area contributed by atoms with Gasteiger partial charge in [0.15, 0.2) is 0 Å². The molecule has 1 atom stereocenters. The topological polar surface area (TPSA) is 12.0 Å². The van der Waals surface area contributed by atoms with Crippen molar-refractivity contribution in [1.82, 2.24) is 5.32 Å². The first-order valence-electron chi connectivity index (χ1n) is 5.00. The maximum atomic E-state index is 3.31. The smallest absolute Gasteiger partial charge is 0.00383 e. The summed E-state index contributed by atoms with van der Waals surface area (Å²) < 4.78 is 0. The molecule has 1 rings (SSSR count). The van der Waals surface area contributed by atoms with Crippen molar-refractivity contribution in [2.24, 2.45) is 5.92 Å². The minimum atomic E-state index is 0. The Morgan fingerprint density at radius 1 is 1.25 bits per heavy atom. The molecule has 0 aromatic rings. The number of hydrogen-bond acceptors (Lipinski definition) is 1. The van der Waals surface area contributed by atoms with Crippen molar-refractivity contribution in [3.8, 4) is 0 Å². The van der Waals surface area contributed by atoms with Crippen LogP contribution in [0.25, 0.3) is 0 Å². The fourth-order valence-electron chi connectivity index (χ4n) is 2.04. The summed E-state index contributed by atoms with van der Waals surface area (Å²) in [6.07, 6.45) is 8.77. The molecule has 0 aromatic carbocycles. The van der Waals surface area contributed by atoms with Gasteiger partial charge in [-0.05, 0) is 26.3 Å². The first kappa shape index (κ1) is 12.2. The van der Waals surface area contributed by atoms with Crippen LogP contribution in [0.5, 0.6) is 0 Å². The predicted molar refractivity (Wildman–Crippen MR) is 49.7 cm³/mol. The summed E-state index contributed by atoms with van der Waals surface area (Å²) in [6, 6.07) is 0.720. The largest absolute Gasteiger partial charge is 1.00 e. The molecule has 1 saturated carbocycles. The average Bonchev–Trinajstić information content (AvgIpc) is 2.06. The quantitative estimate of drug-likeness (QED) is 0.637. The Hall–Kier alpha value is 0.250. The van der Waals surface area contributed by atoms with Crippen LogP contribution < -0.4 is 17.7 Å². The van der Waals surface area contributed by atoms with Crippen molar-refractivity contribution < 1.29 is 12.4 Å². The van der Waals surface area contributed by atoms with Crippen LogP contribution in [-0.4, -0.2) is 13.1 Å². The maximum Gasteiger partial charge on any atom is 0.00383 e. The van der Waals surface area contributed by atoms with Crippen molar-refractivity contribution in [3.63, 3.8) is 0 Å². The zero-order valence-corrected chi connectivity index (χ0v) is 9.03. The SMILES string of the molecule is CNC(C)CC1CCCCC1.[Cl-]. The molecule has 1 unspecified atom stereocenters. The van der Waals surface area contributed by atoms with Crippen LogP contribution >= 0.6 is 0 Å².